The lowest BCUT2D eigenvalue weighted by atomic mass is 9.92. The second-order valence-electron chi connectivity index (χ2n) is 4.92. The fraction of sp³-hybridized carbons (Fsp3) is 0.625. The molecule has 0 spiro atoms. The molecule has 0 heterocycles. The summed E-state index contributed by atoms with van der Waals surface area (Å²) in [5, 5.41) is 3.45. The minimum absolute atomic E-state index is 0.513. The number of nitrogens with one attached hydrogen (secondary N) is 1. The molecule has 0 aromatic heterocycles. The fourth-order valence-electron chi connectivity index (χ4n) is 1.69. The Bertz CT molecular complexity index is 263. The van der Waals surface area contributed by atoms with Gasteiger partial charge in [-0.05, 0) is 45.4 Å². The smallest absolute Gasteiger partial charge is 0.0227 e. The van der Waals surface area contributed by atoms with Gasteiger partial charge < -0.3 is 5.32 Å². The lowest BCUT2D eigenvalue weighted by molar-refractivity contribution is 0.534. The molecule has 0 aromatic rings. The molecule has 2 unspecified atom stereocenters. The van der Waals surface area contributed by atoms with Gasteiger partial charge in [0.1, 0.15) is 0 Å². The summed E-state index contributed by atoms with van der Waals surface area (Å²) in [4.78, 5) is 0. The Morgan fingerprint density at radius 2 is 1.88 bits per heavy atom. The van der Waals surface area contributed by atoms with Gasteiger partial charge in [0.15, 0.2) is 0 Å². The largest absolute Gasteiger partial charge is 0.386 e. The molecule has 0 aliphatic heterocycles. The SMILES string of the molecule is C=C(CC(C/C=C/CC)C(=C)C)NC(C)CC. The van der Waals surface area contributed by atoms with Crippen LogP contribution in [0.3, 0.4) is 0 Å². The van der Waals surface area contributed by atoms with Crippen LogP contribution in [0.4, 0.5) is 0 Å². The van der Waals surface area contributed by atoms with Crippen LogP contribution < -0.4 is 5.32 Å². The third-order valence-corrected chi connectivity index (χ3v) is 3.08. The van der Waals surface area contributed by atoms with Crippen molar-refractivity contribution in [2.24, 2.45) is 5.92 Å². The molecule has 0 radical (unpaired) electrons. The van der Waals surface area contributed by atoms with Crippen LogP contribution in [0.25, 0.3) is 0 Å². The van der Waals surface area contributed by atoms with Crippen molar-refractivity contribution in [3.8, 4) is 0 Å². The topological polar surface area (TPSA) is 12.0 Å². The monoisotopic (exact) mass is 235 g/mol. The zero-order chi connectivity index (χ0) is 13.3. The Balaban J connectivity index is 4.20. The van der Waals surface area contributed by atoms with Gasteiger partial charge in [-0.25, -0.2) is 0 Å². The standard InChI is InChI=1S/C16H29N/c1-7-9-10-11-16(13(3)4)12-15(6)17-14(5)8-2/h9-10,14,16-17H,3,6-8,11-12H2,1-2,4-5H3/b10-9+. The van der Waals surface area contributed by atoms with E-state index in [0.29, 0.717) is 12.0 Å². The van der Waals surface area contributed by atoms with E-state index in [1.165, 1.54) is 5.57 Å². The molecular weight excluding hydrogens is 206 g/mol. The van der Waals surface area contributed by atoms with E-state index in [9.17, 15) is 0 Å². The van der Waals surface area contributed by atoms with E-state index in [2.05, 4.69) is 58.3 Å². The van der Waals surface area contributed by atoms with Gasteiger partial charge in [0, 0.05) is 11.7 Å². The van der Waals surface area contributed by atoms with Gasteiger partial charge in [0.2, 0.25) is 0 Å². The van der Waals surface area contributed by atoms with Crippen molar-refractivity contribution in [1.82, 2.24) is 5.32 Å². The summed E-state index contributed by atoms with van der Waals surface area (Å²) in [6.07, 6.45) is 8.79. The average Bonchev–Trinajstić information content (AvgIpc) is 2.27. The van der Waals surface area contributed by atoms with Crippen molar-refractivity contribution >= 4 is 0 Å². The Morgan fingerprint density at radius 1 is 1.24 bits per heavy atom. The summed E-state index contributed by atoms with van der Waals surface area (Å²) in [6, 6.07) is 0.513. The first kappa shape index (κ1) is 16.0. The van der Waals surface area contributed by atoms with Gasteiger partial charge >= 0.3 is 0 Å². The number of hydrogen-bond donors (Lipinski definition) is 1. The zero-order valence-electron chi connectivity index (χ0n) is 12.1. The summed E-state index contributed by atoms with van der Waals surface area (Å²) in [6.45, 7) is 16.9. The summed E-state index contributed by atoms with van der Waals surface area (Å²) in [5.74, 6) is 0.516. The van der Waals surface area contributed by atoms with E-state index in [1.807, 2.05) is 0 Å². The Hall–Kier alpha value is -0.980. The molecule has 17 heavy (non-hydrogen) atoms. The summed E-state index contributed by atoms with van der Waals surface area (Å²) >= 11 is 0. The quantitative estimate of drug-likeness (QED) is 0.565. The van der Waals surface area contributed by atoms with E-state index in [-0.39, 0.29) is 0 Å². The summed E-state index contributed by atoms with van der Waals surface area (Å²) in [5.41, 5.74) is 2.38. The van der Waals surface area contributed by atoms with Crippen molar-refractivity contribution < 1.29 is 0 Å². The predicted molar refractivity (Wildman–Crippen MR) is 79.0 cm³/mol. The van der Waals surface area contributed by atoms with Crippen molar-refractivity contribution in [2.75, 3.05) is 0 Å². The highest BCUT2D eigenvalue weighted by Gasteiger charge is 2.10. The van der Waals surface area contributed by atoms with Crippen LogP contribution >= 0.6 is 0 Å². The van der Waals surface area contributed by atoms with Gasteiger partial charge in [-0.15, -0.1) is 0 Å². The maximum atomic E-state index is 4.12. The number of rotatable bonds is 9. The average molecular weight is 235 g/mol. The van der Waals surface area contributed by atoms with Crippen LogP contribution in [-0.2, 0) is 0 Å². The van der Waals surface area contributed by atoms with Gasteiger partial charge in [0.25, 0.3) is 0 Å². The van der Waals surface area contributed by atoms with Gasteiger partial charge in [-0.2, -0.15) is 0 Å². The van der Waals surface area contributed by atoms with Gasteiger partial charge in [0.05, 0.1) is 0 Å². The van der Waals surface area contributed by atoms with E-state index in [0.717, 1.165) is 31.4 Å². The normalized spacial score (nSPS) is 14.6. The van der Waals surface area contributed by atoms with Crippen LogP contribution in [0.15, 0.2) is 36.6 Å². The highest BCUT2D eigenvalue weighted by atomic mass is 14.9. The highest BCUT2D eigenvalue weighted by Crippen LogP contribution is 2.21. The van der Waals surface area contributed by atoms with E-state index in [4.69, 9.17) is 0 Å². The number of allylic oxidation sites excluding steroid dienone is 4. The maximum Gasteiger partial charge on any atom is 0.0227 e. The minimum atomic E-state index is 0.513. The second-order valence-corrected chi connectivity index (χ2v) is 4.92. The first-order chi connectivity index (χ1) is 8.01. The Kier molecular flexibility index (Phi) is 8.57. The molecule has 0 aliphatic rings. The van der Waals surface area contributed by atoms with Crippen LogP contribution in [0.5, 0.6) is 0 Å². The van der Waals surface area contributed by atoms with Crippen molar-refractivity contribution in [1.29, 1.82) is 0 Å². The van der Waals surface area contributed by atoms with Gasteiger partial charge in [-0.1, -0.05) is 44.7 Å². The summed E-state index contributed by atoms with van der Waals surface area (Å²) < 4.78 is 0. The van der Waals surface area contributed by atoms with Crippen molar-refractivity contribution in [3.63, 3.8) is 0 Å². The first-order valence-electron chi connectivity index (χ1n) is 6.75. The molecule has 0 aromatic carbocycles. The Morgan fingerprint density at radius 3 is 2.35 bits per heavy atom. The summed E-state index contributed by atoms with van der Waals surface area (Å²) in [7, 11) is 0. The van der Waals surface area contributed by atoms with Crippen LogP contribution in [0, 0.1) is 5.92 Å². The molecule has 2 atom stereocenters. The van der Waals surface area contributed by atoms with Crippen LogP contribution in [0.1, 0.15) is 53.4 Å². The van der Waals surface area contributed by atoms with Crippen LogP contribution in [0.2, 0.25) is 0 Å². The Labute approximate surface area is 108 Å². The predicted octanol–water partition coefficient (Wildman–Crippen LogP) is 4.83. The number of hydrogen-bond acceptors (Lipinski definition) is 1. The molecule has 0 rings (SSSR count). The minimum Gasteiger partial charge on any atom is -0.386 e. The molecule has 1 N–H and O–H groups in total. The highest BCUT2D eigenvalue weighted by molar-refractivity contribution is 5.07. The third kappa shape index (κ3) is 7.84. The molecular formula is C16H29N. The molecule has 0 saturated carbocycles. The fourth-order valence-corrected chi connectivity index (χ4v) is 1.69. The first-order valence-corrected chi connectivity index (χ1v) is 6.75. The molecule has 1 nitrogen and oxygen atoms in total. The molecule has 0 saturated heterocycles. The zero-order valence-corrected chi connectivity index (χ0v) is 12.1. The lowest BCUT2D eigenvalue weighted by Gasteiger charge is -2.20. The van der Waals surface area contributed by atoms with Crippen molar-refractivity contribution in [3.05, 3.63) is 36.6 Å². The third-order valence-electron chi connectivity index (χ3n) is 3.08. The van der Waals surface area contributed by atoms with Crippen molar-refractivity contribution in [2.45, 2.75) is 59.4 Å². The molecule has 98 valence electrons. The van der Waals surface area contributed by atoms with E-state index < -0.39 is 0 Å². The molecule has 0 amide bonds. The molecule has 0 fully saturated rings. The maximum absolute atomic E-state index is 4.12. The molecule has 0 aliphatic carbocycles. The van der Waals surface area contributed by atoms with Gasteiger partial charge in [-0.3, -0.25) is 0 Å². The van der Waals surface area contributed by atoms with E-state index in [1.54, 1.807) is 0 Å². The second kappa shape index (κ2) is 9.09. The van der Waals surface area contributed by atoms with E-state index >= 15 is 0 Å². The molecule has 0 bridgehead atoms. The lowest BCUT2D eigenvalue weighted by Crippen LogP contribution is -2.25. The molecule has 1 heteroatoms. The van der Waals surface area contributed by atoms with Crippen LogP contribution in [-0.4, -0.2) is 6.04 Å².